The number of nitrogens with one attached hydrogen (secondary N) is 1. The number of carbonyl (C=O) groups excluding carboxylic acids is 2. The van der Waals surface area contributed by atoms with Crippen LogP contribution in [0.5, 0.6) is 0 Å². The second-order valence-corrected chi connectivity index (χ2v) is 11.4. The first-order valence-electron chi connectivity index (χ1n) is 11.4. The van der Waals surface area contributed by atoms with E-state index in [1.165, 1.54) is 4.90 Å². The highest BCUT2D eigenvalue weighted by Crippen LogP contribution is 2.25. The monoisotopic (exact) mass is 541 g/mol. The number of nitrogens with zero attached hydrogens (tertiary/aromatic N) is 2. The van der Waals surface area contributed by atoms with Crippen LogP contribution in [0, 0.1) is 13.8 Å². The van der Waals surface area contributed by atoms with Crippen LogP contribution in [-0.4, -0.2) is 50.5 Å². The van der Waals surface area contributed by atoms with E-state index in [1.54, 1.807) is 37.3 Å². The van der Waals surface area contributed by atoms with E-state index < -0.39 is 28.5 Å². The molecule has 1 unspecified atom stereocenters. The second kappa shape index (κ2) is 12.6. The van der Waals surface area contributed by atoms with E-state index >= 15 is 0 Å². The van der Waals surface area contributed by atoms with Crippen molar-refractivity contribution < 1.29 is 18.0 Å². The summed E-state index contributed by atoms with van der Waals surface area (Å²) < 4.78 is 26.4. The van der Waals surface area contributed by atoms with Gasteiger partial charge in [-0.05, 0) is 68.1 Å². The number of anilines is 1. The minimum Gasteiger partial charge on any atom is -0.354 e. The van der Waals surface area contributed by atoms with E-state index in [4.69, 9.17) is 23.2 Å². The van der Waals surface area contributed by atoms with Gasteiger partial charge < -0.3 is 10.2 Å². The van der Waals surface area contributed by atoms with Gasteiger partial charge in [-0.25, -0.2) is 8.42 Å². The summed E-state index contributed by atoms with van der Waals surface area (Å²) in [7, 11) is -3.78. The van der Waals surface area contributed by atoms with Gasteiger partial charge in [-0.1, -0.05) is 48.7 Å². The number of carbonyl (C=O) groups is 2. The van der Waals surface area contributed by atoms with Crippen LogP contribution in [0.2, 0.25) is 10.0 Å². The molecule has 2 aromatic rings. The molecule has 0 saturated heterocycles. The smallest absolute Gasteiger partial charge is 0.244 e. The fourth-order valence-electron chi connectivity index (χ4n) is 3.66. The van der Waals surface area contributed by atoms with Crippen LogP contribution >= 0.6 is 23.2 Å². The Morgan fingerprint density at radius 3 is 2.20 bits per heavy atom. The van der Waals surface area contributed by atoms with Crippen molar-refractivity contribution in [1.82, 2.24) is 10.2 Å². The fourth-order valence-corrected chi connectivity index (χ4v) is 4.82. The number of aryl methyl sites for hydroxylation is 2. The number of sulfonamides is 1. The zero-order valence-corrected chi connectivity index (χ0v) is 23.1. The van der Waals surface area contributed by atoms with Gasteiger partial charge in [-0.2, -0.15) is 0 Å². The molecule has 1 N–H and O–H groups in total. The molecule has 192 valence electrons. The van der Waals surface area contributed by atoms with Crippen molar-refractivity contribution in [3.8, 4) is 0 Å². The predicted octanol–water partition coefficient (Wildman–Crippen LogP) is 4.71. The Hall–Kier alpha value is -2.29. The van der Waals surface area contributed by atoms with Crippen LogP contribution in [0.15, 0.2) is 36.4 Å². The van der Waals surface area contributed by atoms with Crippen LogP contribution in [0.1, 0.15) is 43.4 Å². The summed E-state index contributed by atoms with van der Waals surface area (Å²) >= 11 is 12.2. The molecule has 0 heterocycles. The average Bonchev–Trinajstić information content (AvgIpc) is 2.76. The summed E-state index contributed by atoms with van der Waals surface area (Å²) in [5.41, 5.74) is 2.81. The van der Waals surface area contributed by atoms with Gasteiger partial charge >= 0.3 is 0 Å². The standard InChI is InChI=1S/C25H33Cl2N3O4S/c1-6-7-10-28-25(32)19(4)29(15-20-8-9-22(26)23(27)14-20)24(31)16-30(35(5,33)34)21-12-17(2)11-18(3)13-21/h8-9,11-14,19H,6-7,10,15-16H2,1-5H3,(H,28,32). The minimum absolute atomic E-state index is 0.0581. The van der Waals surface area contributed by atoms with E-state index in [0.29, 0.717) is 27.8 Å². The SMILES string of the molecule is CCCCNC(=O)C(C)N(Cc1ccc(Cl)c(Cl)c1)C(=O)CN(c1cc(C)cc(C)c1)S(C)(=O)=O. The van der Waals surface area contributed by atoms with Gasteiger partial charge in [0, 0.05) is 13.1 Å². The molecule has 0 aromatic heterocycles. The fraction of sp³-hybridized carbons (Fsp3) is 0.440. The van der Waals surface area contributed by atoms with Crippen molar-refractivity contribution in [2.45, 2.75) is 53.1 Å². The molecule has 7 nitrogen and oxygen atoms in total. The number of halogens is 2. The quantitative estimate of drug-likeness (QED) is 0.417. The number of unbranched alkanes of at least 4 members (excludes halogenated alkanes) is 1. The molecule has 2 aromatic carbocycles. The van der Waals surface area contributed by atoms with E-state index in [9.17, 15) is 18.0 Å². The van der Waals surface area contributed by atoms with Crippen LogP contribution in [0.25, 0.3) is 0 Å². The number of hydrogen-bond donors (Lipinski definition) is 1. The topological polar surface area (TPSA) is 86.8 Å². The molecule has 0 spiro atoms. The van der Waals surface area contributed by atoms with E-state index in [0.717, 1.165) is 34.5 Å². The summed E-state index contributed by atoms with van der Waals surface area (Å²) in [4.78, 5) is 27.8. The zero-order valence-electron chi connectivity index (χ0n) is 20.8. The van der Waals surface area contributed by atoms with Crippen LogP contribution in [0.4, 0.5) is 5.69 Å². The largest absolute Gasteiger partial charge is 0.354 e. The zero-order chi connectivity index (χ0) is 26.3. The normalized spacial score (nSPS) is 12.2. The summed E-state index contributed by atoms with van der Waals surface area (Å²) in [6.07, 6.45) is 2.79. The van der Waals surface area contributed by atoms with E-state index in [2.05, 4.69) is 5.32 Å². The third-order valence-corrected chi connectivity index (χ3v) is 7.39. The third-order valence-electron chi connectivity index (χ3n) is 5.51. The molecule has 0 radical (unpaired) electrons. The Balaban J connectivity index is 2.40. The Bertz CT molecular complexity index is 1150. The number of amides is 2. The summed E-state index contributed by atoms with van der Waals surface area (Å²) in [5, 5.41) is 3.54. The van der Waals surface area contributed by atoms with Gasteiger partial charge in [0.2, 0.25) is 21.8 Å². The lowest BCUT2D eigenvalue weighted by molar-refractivity contribution is -0.139. The van der Waals surface area contributed by atoms with Crippen molar-refractivity contribution >= 4 is 50.7 Å². The van der Waals surface area contributed by atoms with E-state index in [-0.39, 0.29) is 12.5 Å². The van der Waals surface area contributed by atoms with Crippen molar-refractivity contribution in [3.05, 3.63) is 63.1 Å². The van der Waals surface area contributed by atoms with Gasteiger partial charge in [0.1, 0.15) is 12.6 Å². The molecular weight excluding hydrogens is 509 g/mol. The van der Waals surface area contributed by atoms with Crippen molar-refractivity contribution in [3.63, 3.8) is 0 Å². The third kappa shape index (κ3) is 8.40. The minimum atomic E-state index is -3.78. The van der Waals surface area contributed by atoms with Crippen molar-refractivity contribution in [1.29, 1.82) is 0 Å². The molecular formula is C25H33Cl2N3O4S. The van der Waals surface area contributed by atoms with Crippen LogP contribution < -0.4 is 9.62 Å². The Morgan fingerprint density at radius 1 is 1.03 bits per heavy atom. The molecule has 0 aliphatic heterocycles. The Kier molecular flexibility index (Phi) is 10.4. The van der Waals surface area contributed by atoms with Crippen LogP contribution in [0.3, 0.4) is 0 Å². The van der Waals surface area contributed by atoms with Gasteiger partial charge in [-0.15, -0.1) is 0 Å². The highest BCUT2D eigenvalue weighted by Gasteiger charge is 2.30. The molecule has 2 rings (SSSR count). The molecule has 10 heteroatoms. The molecule has 0 aliphatic rings. The molecule has 1 atom stereocenters. The average molecular weight is 543 g/mol. The summed E-state index contributed by atoms with van der Waals surface area (Å²) in [6.45, 7) is 7.46. The molecule has 35 heavy (non-hydrogen) atoms. The molecule has 0 aliphatic carbocycles. The maximum absolute atomic E-state index is 13.6. The molecule has 0 saturated carbocycles. The first-order chi connectivity index (χ1) is 16.3. The van der Waals surface area contributed by atoms with Gasteiger partial charge in [0.15, 0.2) is 0 Å². The Labute approximate surface area is 218 Å². The summed E-state index contributed by atoms with van der Waals surface area (Å²) in [5.74, 6) is -0.831. The summed E-state index contributed by atoms with van der Waals surface area (Å²) in [6, 6.07) is 9.47. The lowest BCUT2D eigenvalue weighted by atomic mass is 10.1. The van der Waals surface area contributed by atoms with Gasteiger partial charge in [0.05, 0.1) is 22.0 Å². The van der Waals surface area contributed by atoms with Crippen LogP contribution in [-0.2, 0) is 26.2 Å². The van der Waals surface area contributed by atoms with E-state index in [1.807, 2.05) is 26.8 Å². The Morgan fingerprint density at radius 2 is 1.66 bits per heavy atom. The van der Waals surface area contributed by atoms with Crippen molar-refractivity contribution in [2.24, 2.45) is 0 Å². The van der Waals surface area contributed by atoms with Gasteiger partial charge in [-0.3, -0.25) is 13.9 Å². The maximum atomic E-state index is 13.6. The first-order valence-corrected chi connectivity index (χ1v) is 14.0. The van der Waals surface area contributed by atoms with Gasteiger partial charge in [0.25, 0.3) is 0 Å². The second-order valence-electron chi connectivity index (χ2n) is 8.71. The highest BCUT2D eigenvalue weighted by atomic mass is 35.5. The highest BCUT2D eigenvalue weighted by molar-refractivity contribution is 7.92. The lowest BCUT2D eigenvalue weighted by Gasteiger charge is -2.31. The molecule has 0 bridgehead atoms. The number of benzene rings is 2. The maximum Gasteiger partial charge on any atom is 0.244 e. The molecule has 0 fully saturated rings. The first kappa shape index (κ1) is 28.9. The predicted molar refractivity (Wildman–Crippen MR) is 142 cm³/mol. The molecule has 2 amide bonds. The lowest BCUT2D eigenvalue weighted by Crippen LogP contribution is -2.51. The van der Waals surface area contributed by atoms with Crippen molar-refractivity contribution in [2.75, 3.05) is 23.7 Å². The number of rotatable bonds is 11. The number of hydrogen-bond acceptors (Lipinski definition) is 4.